The van der Waals surface area contributed by atoms with E-state index < -0.39 is 12.0 Å². The van der Waals surface area contributed by atoms with Crippen molar-refractivity contribution < 1.29 is 19.1 Å². The van der Waals surface area contributed by atoms with Gasteiger partial charge in [-0.2, -0.15) is 0 Å². The normalized spacial score (nSPS) is 13.0. The Bertz CT molecular complexity index is 268. The van der Waals surface area contributed by atoms with Crippen LogP contribution in [0.25, 0.3) is 0 Å². The van der Waals surface area contributed by atoms with Gasteiger partial charge in [-0.3, -0.25) is 4.79 Å². The first kappa shape index (κ1) is 16.1. The van der Waals surface area contributed by atoms with Gasteiger partial charge in [0.05, 0.1) is 6.61 Å². The van der Waals surface area contributed by atoms with Crippen LogP contribution in [0.5, 0.6) is 0 Å². The number of amides is 1. The number of nitrogens with one attached hydrogen (secondary N) is 1. The molecule has 0 rings (SSSR count). The van der Waals surface area contributed by atoms with Crippen molar-refractivity contribution in [1.82, 2.24) is 5.32 Å². The Morgan fingerprint density at radius 2 is 2.24 bits per heavy atom. The maximum absolute atomic E-state index is 11.5. The van der Waals surface area contributed by atoms with E-state index in [-0.39, 0.29) is 6.61 Å². The summed E-state index contributed by atoms with van der Waals surface area (Å²) in [6, 6.07) is -0.739. The minimum Gasteiger partial charge on any atom is -0.464 e. The number of hydrogen-bond donors (Lipinski definition) is 1. The molecule has 0 radical (unpaired) electrons. The van der Waals surface area contributed by atoms with Gasteiger partial charge in [0.1, 0.15) is 6.04 Å². The van der Waals surface area contributed by atoms with Gasteiger partial charge in [-0.05, 0) is 13.3 Å². The maximum Gasteiger partial charge on any atom is 0.332 e. The quantitative estimate of drug-likeness (QED) is 0.299. The average molecular weight is 308 g/mol. The summed E-state index contributed by atoms with van der Waals surface area (Å²) in [6.07, 6.45) is 2.86. The van der Waals surface area contributed by atoms with E-state index in [2.05, 4.69) is 21.2 Å². The van der Waals surface area contributed by atoms with Gasteiger partial charge >= 0.3 is 5.97 Å². The first-order valence-corrected chi connectivity index (χ1v) is 6.42. The Morgan fingerprint density at radius 1 is 1.53 bits per heavy atom. The second-order valence-electron chi connectivity index (χ2n) is 3.22. The highest BCUT2D eigenvalue weighted by atomic mass is 79.9. The summed E-state index contributed by atoms with van der Waals surface area (Å²) in [5.41, 5.74) is 0.972. The molecule has 0 aliphatic heterocycles. The Kier molecular flexibility index (Phi) is 9.75. The van der Waals surface area contributed by atoms with E-state index >= 15 is 0 Å². The van der Waals surface area contributed by atoms with Crippen LogP contribution in [0.15, 0.2) is 11.6 Å². The van der Waals surface area contributed by atoms with Crippen molar-refractivity contribution in [2.24, 2.45) is 0 Å². The molecule has 0 aliphatic carbocycles. The van der Waals surface area contributed by atoms with Crippen molar-refractivity contribution in [3.63, 3.8) is 0 Å². The molecule has 0 spiro atoms. The SMILES string of the molecule is CCOC(=O)C(/C=C(\CBr)CCOC)NC=O. The zero-order valence-electron chi connectivity index (χ0n) is 10.1. The van der Waals surface area contributed by atoms with E-state index in [4.69, 9.17) is 9.47 Å². The van der Waals surface area contributed by atoms with E-state index in [0.717, 1.165) is 5.57 Å². The van der Waals surface area contributed by atoms with Gasteiger partial charge in [0, 0.05) is 19.0 Å². The zero-order valence-corrected chi connectivity index (χ0v) is 11.7. The van der Waals surface area contributed by atoms with E-state index in [9.17, 15) is 9.59 Å². The van der Waals surface area contributed by atoms with Crippen LogP contribution >= 0.6 is 15.9 Å². The van der Waals surface area contributed by atoms with Crippen molar-refractivity contribution in [3.8, 4) is 0 Å². The summed E-state index contributed by atoms with van der Waals surface area (Å²) in [5.74, 6) is -0.463. The number of esters is 1. The summed E-state index contributed by atoms with van der Waals surface area (Å²) >= 11 is 3.32. The van der Waals surface area contributed by atoms with Crippen LogP contribution in [-0.4, -0.2) is 44.1 Å². The lowest BCUT2D eigenvalue weighted by atomic mass is 10.1. The van der Waals surface area contributed by atoms with E-state index in [1.165, 1.54) is 0 Å². The standard InChI is InChI=1S/C11H18BrNO4/c1-3-17-11(15)10(13-8-14)6-9(7-12)4-5-16-2/h6,8,10H,3-5,7H2,1-2H3,(H,13,14)/b9-6-. The second kappa shape index (κ2) is 10.3. The average Bonchev–Trinajstić information content (AvgIpc) is 2.33. The summed E-state index contributed by atoms with van der Waals surface area (Å²) in [5, 5.41) is 3.03. The lowest BCUT2D eigenvalue weighted by Gasteiger charge is -2.12. The van der Waals surface area contributed by atoms with Gasteiger partial charge in [0.2, 0.25) is 6.41 Å². The van der Waals surface area contributed by atoms with Crippen LogP contribution in [0.3, 0.4) is 0 Å². The van der Waals surface area contributed by atoms with E-state index in [1.807, 2.05) is 0 Å². The van der Waals surface area contributed by atoms with Crippen LogP contribution in [0.2, 0.25) is 0 Å². The van der Waals surface area contributed by atoms with E-state index in [1.54, 1.807) is 20.1 Å². The maximum atomic E-state index is 11.5. The molecule has 1 unspecified atom stereocenters. The number of halogens is 1. The largest absolute Gasteiger partial charge is 0.464 e. The molecule has 0 fully saturated rings. The van der Waals surface area contributed by atoms with Crippen LogP contribution in [0, 0.1) is 0 Å². The minimum atomic E-state index is -0.739. The van der Waals surface area contributed by atoms with Gasteiger partial charge in [0.15, 0.2) is 0 Å². The highest BCUT2D eigenvalue weighted by Gasteiger charge is 2.16. The molecule has 0 aromatic carbocycles. The molecule has 1 N–H and O–H groups in total. The molecule has 17 heavy (non-hydrogen) atoms. The van der Waals surface area contributed by atoms with Gasteiger partial charge < -0.3 is 14.8 Å². The number of alkyl halides is 1. The van der Waals surface area contributed by atoms with Crippen LogP contribution < -0.4 is 5.32 Å². The Balaban J connectivity index is 4.60. The van der Waals surface area contributed by atoms with Gasteiger partial charge in [-0.25, -0.2) is 4.79 Å². The Morgan fingerprint density at radius 3 is 2.71 bits per heavy atom. The van der Waals surface area contributed by atoms with Crippen molar-refractivity contribution >= 4 is 28.3 Å². The number of ether oxygens (including phenoxy) is 2. The molecular weight excluding hydrogens is 290 g/mol. The molecule has 0 heterocycles. The molecular formula is C11H18BrNO4. The molecule has 6 heteroatoms. The summed E-state index contributed by atoms with van der Waals surface area (Å²) in [4.78, 5) is 21.9. The van der Waals surface area contributed by atoms with Crippen LogP contribution in [-0.2, 0) is 19.1 Å². The van der Waals surface area contributed by atoms with Gasteiger partial charge in [0.25, 0.3) is 0 Å². The molecule has 0 saturated carbocycles. The fourth-order valence-electron chi connectivity index (χ4n) is 1.15. The first-order valence-electron chi connectivity index (χ1n) is 5.30. The molecule has 0 aromatic heterocycles. The van der Waals surface area contributed by atoms with Crippen LogP contribution in [0.1, 0.15) is 13.3 Å². The van der Waals surface area contributed by atoms with Gasteiger partial charge in [-0.15, -0.1) is 0 Å². The Hall–Kier alpha value is -0.880. The van der Waals surface area contributed by atoms with Crippen molar-refractivity contribution in [1.29, 1.82) is 0 Å². The van der Waals surface area contributed by atoms with Crippen LogP contribution in [0.4, 0.5) is 0 Å². The monoisotopic (exact) mass is 307 g/mol. The highest BCUT2D eigenvalue weighted by molar-refractivity contribution is 9.09. The zero-order chi connectivity index (χ0) is 13.1. The Labute approximate surface area is 110 Å². The number of carbonyl (C=O) groups excluding carboxylic acids is 2. The summed E-state index contributed by atoms with van der Waals surface area (Å²) in [6.45, 7) is 2.56. The highest BCUT2D eigenvalue weighted by Crippen LogP contribution is 2.08. The predicted molar refractivity (Wildman–Crippen MR) is 68.0 cm³/mol. The van der Waals surface area contributed by atoms with E-state index in [0.29, 0.717) is 24.8 Å². The second-order valence-corrected chi connectivity index (χ2v) is 3.78. The van der Waals surface area contributed by atoms with Crippen molar-refractivity contribution in [2.75, 3.05) is 25.7 Å². The van der Waals surface area contributed by atoms with Gasteiger partial charge in [-0.1, -0.05) is 27.6 Å². The fourth-order valence-corrected chi connectivity index (χ4v) is 1.62. The third-order valence-corrected chi connectivity index (χ3v) is 2.71. The first-order chi connectivity index (χ1) is 8.19. The lowest BCUT2D eigenvalue weighted by molar-refractivity contribution is -0.145. The molecule has 5 nitrogen and oxygen atoms in total. The number of methoxy groups -OCH3 is 1. The third kappa shape index (κ3) is 7.12. The van der Waals surface area contributed by atoms with Crippen molar-refractivity contribution in [3.05, 3.63) is 11.6 Å². The minimum absolute atomic E-state index is 0.283. The summed E-state index contributed by atoms with van der Waals surface area (Å²) in [7, 11) is 1.61. The lowest BCUT2D eigenvalue weighted by Crippen LogP contribution is -2.36. The molecule has 1 amide bonds. The molecule has 98 valence electrons. The topological polar surface area (TPSA) is 64.6 Å². The van der Waals surface area contributed by atoms with Crippen molar-refractivity contribution in [2.45, 2.75) is 19.4 Å². The molecule has 0 saturated heterocycles. The number of rotatable bonds is 9. The number of carbonyl (C=O) groups is 2. The third-order valence-electron chi connectivity index (χ3n) is 1.99. The molecule has 0 aliphatic rings. The fraction of sp³-hybridized carbons (Fsp3) is 0.636. The summed E-state index contributed by atoms with van der Waals surface area (Å²) < 4.78 is 9.81. The molecule has 1 atom stereocenters. The number of hydrogen-bond acceptors (Lipinski definition) is 4. The molecule has 0 bridgehead atoms. The molecule has 0 aromatic rings. The smallest absolute Gasteiger partial charge is 0.332 e. The predicted octanol–water partition coefficient (Wildman–Crippen LogP) is 1.02.